The lowest BCUT2D eigenvalue weighted by molar-refractivity contribution is 0.340. The van der Waals surface area contributed by atoms with E-state index < -0.39 is 0 Å². The molecular formula is C18H16ClN5O2. The predicted molar refractivity (Wildman–Crippen MR) is 102 cm³/mol. The van der Waals surface area contributed by atoms with Crippen molar-refractivity contribution in [2.24, 2.45) is 5.10 Å². The fourth-order valence-electron chi connectivity index (χ4n) is 2.21. The molecule has 3 aromatic rings. The number of nitrogens with one attached hydrogen (secondary N) is 2. The van der Waals surface area contributed by atoms with Gasteiger partial charge in [0.2, 0.25) is 5.95 Å². The molecule has 1 heterocycles. The first-order valence-corrected chi connectivity index (χ1v) is 8.29. The number of rotatable bonds is 6. The van der Waals surface area contributed by atoms with E-state index in [0.717, 1.165) is 5.56 Å². The van der Waals surface area contributed by atoms with Gasteiger partial charge in [-0.05, 0) is 30.7 Å². The molecule has 1 aromatic heterocycles. The molecule has 7 nitrogen and oxygen atoms in total. The molecule has 0 radical (unpaired) electrons. The first-order chi connectivity index (χ1) is 12.7. The van der Waals surface area contributed by atoms with Crippen LogP contribution in [0.15, 0.2) is 58.4 Å². The van der Waals surface area contributed by atoms with Crippen molar-refractivity contribution >= 4 is 23.8 Å². The molecule has 0 fully saturated rings. The number of hydrogen-bond donors (Lipinski definition) is 2. The number of aromatic nitrogens is 3. The topological polar surface area (TPSA) is 92.3 Å². The summed E-state index contributed by atoms with van der Waals surface area (Å²) in [5.41, 5.74) is 3.99. The Hall–Kier alpha value is -3.19. The number of ether oxygens (including phenoxy) is 1. The van der Waals surface area contributed by atoms with Crippen molar-refractivity contribution in [3.05, 3.63) is 69.5 Å². The fraction of sp³-hybridized carbons (Fsp3) is 0.111. The predicted octanol–water partition coefficient (Wildman–Crippen LogP) is 3.33. The Balaban J connectivity index is 1.70. The molecule has 26 heavy (non-hydrogen) atoms. The summed E-state index contributed by atoms with van der Waals surface area (Å²) in [4.78, 5) is 14.7. The van der Waals surface area contributed by atoms with Crippen molar-refractivity contribution in [3.63, 3.8) is 0 Å². The van der Waals surface area contributed by atoms with Gasteiger partial charge in [-0.25, -0.2) is 5.43 Å². The Morgan fingerprint density at radius 1 is 1.23 bits per heavy atom. The quantitative estimate of drug-likeness (QED) is 0.513. The third-order valence-electron chi connectivity index (χ3n) is 3.38. The van der Waals surface area contributed by atoms with Gasteiger partial charge in [-0.3, -0.25) is 9.78 Å². The van der Waals surface area contributed by atoms with Gasteiger partial charge in [-0.1, -0.05) is 41.9 Å². The average Bonchev–Trinajstić information content (AvgIpc) is 2.65. The van der Waals surface area contributed by atoms with Crippen LogP contribution in [0.1, 0.15) is 12.5 Å². The van der Waals surface area contributed by atoms with Gasteiger partial charge < -0.3 is 4.74 Å². The molecule has 0 atom stereocenters. The molecule has 0 unspecified atom stereocenters. The summed E-state index contributed by atoms with van der Waals surface area (Å²) in [7, 11) is 0. The maximum Gasteiger partial charge on any atom is 0.279 e. The molecule has 0 bridgehead atoms. The van der Waals surface area contributed by atoms with Crippen molar-refractivity contribution in [3.8, 4) is 17.0 Å². The highest BCUT2D eigenvalue weighted by atomic mass is 35.5. The summed E-state index contributed by atoms with van der Waals surface area (Å²) >= 11 is 6.12. The zero-order valence-electron chi connectivity index (χ0n) is 13.9. The molecule has 0 aliphatic rings. The van der Waals surface area contributed by atoms with Crippen molar-refractivity contribution < 1.29 is 4.74 Å². The molecule has 0 aliphatic carbocycles. The van der Waals surface area contributed by atoms with E-state index in [9.17, 15) is 4.79 Å². The van der Waals surface area contributed by atoms with Crippen LogP contribution in [0.25, 0.3) is 11.3 Å². The van der Waals surface area contributed by atoms with E-state index >= 15 is 0 Å². The van der Waals surface area contributed by atoms with E-state index in [1.54, 1.807) is 30.5 Å². The second-order valence-corrected chi connectivity index (χ2v) is 5.62. The molecule has 0 amide bonds. The van der Waals surface area contributed by atoms with Gasteiger partial charge in [0.05, 0.1) is 17.8 Å². The van der Waals surface area contributed by atoms with Gasteiger partial charge in [0, 0.05) is 5.56 Å². The molecule has 2 aromatic carbocycles. The third kappa shape index (κ3) is 4.25. The SMILES string of the molecule is CCOc1ccc(/C=N/Nc2nnc(-c3ccccc3)c(=O)[nH]2)cc1Cl. The number of aromatic amines is 1. The minimum absolute atomic E-state index is 0.142. The Morgan fingerprint density at radius 2 is 2.04 bits per heavy atom. The maximum atomic E-state index is 12.1. The van der Waals surface area contributed by atoms with Crippen LogP contribution >= 0.6 is 11.6 Å². The normalized spacial score (nSPS) is 10.8. The standard InChI is InChI=1S/C18H16ClN5O2/c1-2-26-15-9-8-12(10-14(15)19)11-20-23-18-21-17(25)16(22-24-18)13-6-4-3-5-7-13/h3-11H,2H2,1H3,(H2,21,23,24,25)/b20-11+. The Kier molecular flexibility index (Phi) is 5.60. The fourth-order valence-corrected chi connectivity index (χ4v) is 2.45. The molecular weight excluding hydrogens is 354 g/mol. The Morgan fingerprint density at radius 3 is 2.73 bits per heavy atom. The van der Waals surface area contributed by atoms with Crippen molar-refractivity contribution in [2.45, 2.75) is 6.92 Å². The van der Waals surface area contributed by atoms with E-state index in [2.05, 4.69) is 25.7 Å². The van der Waals surface area contributed by atoms with E-state index in [-0.39, 0.29) is 17.2 Å². The van der Waals surface area contributed by atoms with Crippen LogP contribution in [0, 0.1) is 0 Å². The molecule has 3 rings (SSSR count). The second-order valence-electron chi connectivity index (χ2n) is 5.21. The zero-order chi connectivity index (χ0) is 18.4. The minimum atomic E-state index is -0.354. The Labute approximate surface area is 154 Å². The smallest absolute Gasteiger partial charge is 0.279 e. The molecule has 0 spiro atoms. The largest absolute Gasteiger partial charge is 0.492 e. The summed E-state index contributed by atoms with van der Waals surface area (Å²) in [6.07, 6.45) is 1.55. The van der Waals surface area contributed by atoms with Crippen LogP contribution in [0.5, 0.6) is 5.75 Å². The summed E-state index contributed by atoms with van der Waals surface area (Å²) in [5.74, 6) is 0.758. The van der Waals surface area contributed by atoms with Gasteiger partial charge in [0.1, 0.15) is 5.75 Å². The van der Waals surface area contributed by atoms with Gasteiger partial charge in [0.25, 0.3) is 5.56 Å². The highest BCUT2D eigenvalue weighted by molar-refractivity contribution is 6.32. The number of hydrogen-bond acceptors (Lipinski definition) is 6. The Bertz CT molecular complexity index is 973. The summed E-state index contributed by atoms with van der Waals surface area (Å²) in [6.45, 7) is 2.43. The van der Waals surface area contributed by atoms with Gasteiger partial charge >= 0.3 is 0 Å². The number of anilines is 1. The molecule has 2 N–H and O–H groups in total. The van der Waals surface area contributed by atoms with Crippen LogP contribution in [-0.2, 0) is 0 Å². The van der Waals surface area contributed by atoms with Crippen LogP contribution in [0.4, 0.5) is 5.95 Å². The number of halogens is 1. The van der Waals surface area contributed by atoms with Crippen molar-refractivity contribution in [1.82, 2.24) is 15.2 Å². The maximum absolute atomic E-state index is 12.1. The molecule has 132 valence electrons. The summed E-state index contributed by atoms with van der Waals surface area (Å²) in [6, 6.07) is 14.4. The first-order valence-electron chi connectivity index (χ1n) is 7.91. The average molecular weight is 370 g/mol. The molecule has 8 heteroatoms. The van der Waals surface area contributed by atoms with E-state index in [4.69, 9.17) is 16.3 Å². The lowest BCUT2D eigenvalue weighted by atomic mass is 10.2. The third-order valence-corrected chi connectivity index (χ3v) is 3.68. The van der Waals surface area contributed by atoms with E-state index in [1.165, 1.54) is 0 Å². The van der Waals surface area contributed by atoms with Gasteiger partial charge in [-0.2, -0.15) is 5.10 Å². The van der Waals surface area contributed by atoms with Crippen LogP contribution in [0.2, 0.25) is 5.02 Å². The van der Waals surface area contributed by atoms with Crippen LogP contribution in [-0.4, -0.2) is 28.0 Å². The van der Waals surface area contributed by atoms with Crippen molar-refractivity contribution in [2.75, 3.05) is 12.0 Å². The minimum Gasteiger partial charge on any atom is -0.492 e. The summed E-state index contributed by atoms with van der Waals surface area (Å²) < 4.78 is 5.38. The van der Waals surface area contributed by atoms with Crippen molar-refractivity contribution in [1.29, 1.82) is 0 Å². The number of H-pyrrole nitrogens is 1. The van der Waals surface area contributed by atoms with E-state index in [0.29, 0.717) is 22.9 Å². The highest BCUT2D eigenvalue weighted by Crippen LogP contribution is 2.24. The molecule has 0 saturated carbocycles. The monoisotopic (exact) mass is 369 g/mol. The highest BCUT2D eigenvalue weighted by Gasteiger charge is 2.06. The number of nitrogens with zero attached hydrogens (tertiary/aromatic N) is 3. The lowest BCUT2D eigenvalue weighted by Gasteiger charge is -2.05. The number of benzene rings is 2. The first kappa shape index (κ1) is 17.6. The van der Waals surface area contributed by atoms with Crippen LogP contribution in [0.3, 0.4) is 0 Å². The second kappa shape index (κ2) is 8.26. The van der Waals surface area contributed by atoms with E-state index in [1.807, 2.05) is 31.2 Å². The molecule has 0 saturated heterocycles. The van der Waals surface area contributed by atoms with Crippen LogP contribution < -0.4 is 15.7 Å². The summed E-state index contributed by atoms with van der Waals surface area (Å²) in [5, 5.41) is 12.4. The lowest BCUT2D eigenvalue weighted by Crippen LogP contribution is -2.15. The van der Waals surface area contributed by atoms with Gasteiger partial charge in [-0.15, -0.1) is 10.2 Å². The molecule has 0 aliphatic heterocycles. The zero-order valence-corrected chi connectivity index (χ0v) is 14.7. The number of hydrazone groups is 1. The van der Waals surface area contributed by atoms with Gasteiger partial charge in [0.15, 0.2) is 5.69 Å².